The van der Waals surface area contributed by atoms with Gasteiger partial charge in [0.2, 0.25) is 0 Å². The van der Waals surface area contributed by atoms with Crippen LogP contribution in [0.5, 0.6) is 0 Å². The van der Waals surface area contributed by atoms with Crippen molar-refractivity contribution in [3.05, 3.63) is 58.9 Å². The van der Waals surface area contributed by atoms with Crippen LogP contribution >= 0.6 is 0 Å². The molecule has 1 N–H and O–H groups in total. The number of rotatable bonds is 3. The normalized spacial score (nSPS) is 11.4. The molecule has 20 heavy (non-hydrogen) atoms. The Kier molecular flexibility index (Phi) is 3.81. The standard InChI is InChI=1S/C15H16FNO2S/c1-10-5-7-15(12(3)8-10)20(18,19)17-14-6-4-11(2)9-13(14)16/h4-9,17H,1-3H3. The molecule has 0 aromatic heterocycles. The smallest absolute Gasteiger partial charge is 0.262 e. The number of benzene rings is 2. The van der Waals surface area contributed by atoms with Crippen molar-refractivity contribution in [3.63, 3.8) is 0 Å². The monoisotopic (exact) mass is 293 g/mol. The Bertz CT molecular complexity index is 754. The predicted molar refractivity (Wildman–Crippen MR) is 77.9 cm³/mol. The number of halogens is 1. The summed E-state index contributed by atoms with van der Waals surface area (Å²) in [6, 6.07) is 9.39. The molecule has 5 heteroatoms. The van der Waals surface area contributed by atoms with Crippen molar-refractivity contribution in [3.8, 4) is 0 Å². The van der Waals surface area contributed by atoms with Gasteiger partial charge in [0.25, 0.3) is 10.0 Å². The van der Waals surface area contributed by atoms with Gasteiger partial charge in [-0.15, -0.1) is 0 Å². The van der Waals surface area contributed by atoms with Crippen LogP contribution in [-0.4, -0.2) is 8.42 Å². The van der Waals surface area contributed by atoms with Crippen LogP contribution in [0, 0.1) is 26.6 Å². The van der Waals surface area contributed by atoms with E-state index in [1.54, 1.807) is 32.0 Å². The van der Waals surface area contributed by atoms with Gasteiger partial charge in [0.05, 0.1) is 10.6 Å². The molecule has 0 aliphatic heterocycles. The molecule has 106 valence electrons. The van der Waals surface area contributed by atoms with Crippen LogP contribution in [0.3, 0.4) is 0 Å². The first-order valence-electron chi connectivity index (χ1n) is 6.16. The van der Waals surface area contributed by atoms with E-state index in [0.29, 0.717) is 5.56 Å². The molecular formula is C15H16FNO2S. The zero-order valence-corrected chi connectivity index (χ0v) is 12.4. The molecular weight excluding hydrogens is 277 g/mol. The molecule has 0 saturated heterocycles. The molecule has 0 bridgehead atoms. The first-order chi connectivity index (χ1) is 9.29. The maximum absolute atomic E-state index is 13.7. The molecule has 0 saturated carbocycles. The predicted octanol–water partition coefficient (Wildman–Crippen LogP) is 3.55. The van der Waals surface area contributed by atoms with Crippen molar-refractivity contribution >= 4 is 15.7 Å². The minimum atomic E-state index is -3.79. The topological polar surface area (TPSA) is 46.2 Å². The van der Waals surface area contributed by atoms with Gasteiger partial charge < -0.3 is 0 Å². The van der Waals surface area contributed by atoms with E-state index in [4.69, 9.17) is 0 Å². The largest absolute Gasteiger partial charge is 0.277 e. The summed E-state index contributed by atoms with van der Waals surface area (Å²) in [4.78, 5) is 0.156. The summed E-state index contributed by atoms with van der Waals surface area (Å²) in [6.45, 7) is 5.34. The fourth-order valence-electron chi connectivity index (χ4n) is 2.00. The van der Waals surface area contributed by atoms with Crippen molar-refractivity contribution in [1.82, 2.24) is 0 Å². The van der Waals surface area contributed by atoms with Gasteiger partial charge in [0.15, 0.2) is 0 Å². The fraction of sp³-hybridized carbons (Fsp3) is 0.200. The maximum atomic E-state index is 13.7. The second-order valence-electron chi connectivity index (χ2n) is 4.86. The van der Waals surface area contributed by atoms with Crippen LogP contribution in [0.15, 0.2) is 41.3 Å². The van der Waals surface area contributed by atoms with Crippen LogP contribution in [0.4, 0.5) is 10.1 Å². The van der Waals surface area contributed by atoms with E-state index in [1.165, 1.54) is 18.2 Å². The number of anilines is 1. The second kappa shape index (κ2) is 5.25. The van der Waals surface area contributed by atoms with Crippen molar-refractivity contribution in [2.24, 2.45) is 0 Å². The lowest BCUT2D eigenvalue weighted by Gasteiger charge is -2.11. The molecule has 2 aromatic carbocycles. The summed E-state index contributed by atoms with van der Waals surface area (Å²) in [5, 5.41) is 0. The quantitative estimate of drug-likeness (QED) is 0.940. The molecule has 0 aliphatic carbocycles. The van der Waals surface area contributed by atoms with Gasteiger partial charge in [0, 0.05) is 0 Å². The highest BCUT2D eigenvalue weighted by Gasteiger charge is 2.18. The van der Waals surface area contributed by atoms with E-state index in [9.17, 15) is 12.8 Å². The number of nitrogens with one attached hydrogen (secondary N) is 1. The van der Waals surface area contributed by atoms with Gasteiger partial charge in [-0.25, -0.2) is 12.8 Å². The van der Waals surface area contributed by atoms with E-state index in [1.807, 2.05) is 6.92 Å². The molecule has 0 heterocycles. The molecule has 0 spiro atoms. The minimum Gasteiger partial charge on any atom is -0.277 e. The Labute approximate surface area is 118 Å². The highest BCUT2D eigenvalue weighted by Crippen LogP contribution is 2.22. The average molecular weight is 293 g/mol. The number of aryl methyl sites for hydroxylation is 3. The SMILES string of the molecule is Cc1ccc(S(=O)(=O)Nc2ccc(C)cc2F)c(C)c1. The molecule has 0 aliphatic rings. The third kappa shape index (κ3) is 2.99. The molecule has 2 aromatic rings. The van der Waals surface area contributed by atoms with Gasteiger partial charge in [-0.3, -0.25) is 4.72 Å². The molecule has 0 fully saturated rings. The lowest BCUT2D eigenvalue weighted by molar-refractivity contribution is 0.598. The summed E-state index contributed by atoms with van der Waals surface area (Å²) in [7, 11) is -3.79. The fourth-order valence-corrected chi connectivity index (χ4v) is 3.30. The third-order valence-electron chi connectivity index (χ3n) is 2.99. The first kappa shape index (κ1) is 14.5. The Morgan fingerprint density at radius 2 is 1.55 bits per heavy atom. The van der Waals surface area contributed by atoms with Gasteiger partial charge in [-0.1, -0.05) is 23.8 Å². The van der Waals surface area contributed by atoms with Gasteiger partial charge in [-0.05, 0) is 50.1 Å². The van der Waals surface area contributed by atoms with Gasteiger partial charge in [0.1, 0.15) is 5.82 Å². The first-order valence-corrected chi connectivity index (χ1v) is 7.64. The molecule has 2 rings (SSSR count). The van der Waals surface area contributed by atoms with Crippen LogP contribution < -0.4 is 4.72 Å². The summed E-state index contributed by atoms with van der Waals surface area (Å²) in [5.74, 6) is -0.585. The maximum Gasteiger partial charge on any atom is 0.262 e. The summed E-state index contributed by atoms with van der Waals surface area (Å²) >= 11 is 0. The molecule has 0 amide bonds. The zero-order valence-electron chi connectivity index (χ0n) is 11.6. The van der Waals surface area contributed by atoms with Crippen LogP contribution in [0.2, 0.25) is 0 Å². The van der Waals surface area contributed by atoms with Crippen molar-refractivity contribution in [1.29, 1.82) is 0 Å². The number of hydrogen-bond acceptors (Lipinski definition) is 2. The average Bonchev–Trinajstić information content (AvgIpc) is 2.32. The molecule has 3 nitrogen and oxygen atoms in total. The van der Waals surface area contributed by atoms with E-state index in [-0.39, 0.29) is 10.6 Å². The summed E-state index contributed by atoms with van der Waals surface area (Å²) in [6.07, 6.45) is 0. The van der Waals surface area contributed by atoms with Gasteiger partial charge in [-0.2, -0.15) is 0 Å². The van der Waals surface area contributed by atoms with Crippen LogP contribution in [0.1, 0.15) is 16.7 Å². The number of hydrogen-bond donors (Lipinski definition) is 1. The Morgan fingerprint density at radius 1 is 0.950 bits per heavy atom. The van der Waals surface area contributed by atoms with Crippen molar-refractivity contribution in [2.45, 2.75) is 25.7 Å². The van der Waals surface area contributed by atoms with Crippen molar-refractivity contribution in [2.75, 3.05) is 4.72 Å². The summed E-state index contributed by atoms with van der Waals surface area (Å²) in [5.41, 5.74) is 2.29. The highest BCUT2D eigenvalue weighted by atomic mass is 32.2. The Hall–Kier alpha value is -1.88. The zero-order chi connectivity index (χ0) is 14.9. The Morgan fingerprint density at radius 3 is 2.15 bits per heavy atom. The Balaban J connectivity index is 2.41. The highest BCUT2D eigenvalue weighted by molar-refractivity contribution is 7.92. The summed E-state index contributed by atoms with van der Waals surface area (Å²) < 4.78 is 40.6. The number of sulfonamides is 1. The van der Waals surface area contributed by atoms with E-state index in [0.717, 1.165) is 11.1 Å². The van der Waals surface area contributed by atoms with Crippen LogP contribution in [0.25, 0.3) is 0 Å². The van der Waals surface area contributed by atoms with E-state index >= 15 is 0 Å². The molecule has 0 atom stereocenters. The lowest BCUT2D eigenvalue weighted by atomic mass is 10.2. The lowest BCUT2D eigenvalue weighted by Crippen LogP contribution is -2.15. The van der Waals surface area contributed by atoms with Crippen LogP contribution in [-0.2, 0) is 10.0 Å². The van der Waals surface area contributed by atoms with Gasteiger partial charge >= 0.3 is 0 Å². The minimum absolute atomic E-state index is 0.0458. The van der Waals surface area contributed by atoms with E-state index in [2.05, 4.69) is 4.72 Å². The van der Waals surface area contributed by atoms with E-state index < -0.39 is 15.8 Å². The molecule has 0 unspecified atom stereocenters. The van der Waals surface area contributed by atoms with Crippen molar-refractivity contribution < 1.29 is 12.8 Å². The molecule has 0 radical (unpaired) electrons. The second-order valence-corrected chi connectivity index (χ2v) is 6.51. The third-order valence-corrected chi connectivity index (χ3v) is 4.51.